The van der Waals surface area contributed by atoms with Crippen LogP contribution in [-0.4, -0.2) is 6.54 Å². The smallest absolute Gasteiger partial charge is 0.0438 e. The van der Waals surface area contributed by atoms with Crippen LogP contribution in [0.3, 0.4) is 0 Å². The molecular formula is C15H22ClN. The van der Waals surface area contributed by atoms with Crippen LogP contribution in [0.5, 0.6) is 0 Å². The second-order valence-corrected chi connectivity index (χ2v) is 6.08. The molecular weight excluding hydrogens is 230 g/mol. The fourth-order valence-corrected chi connectivity index (χ4v) is 3.11. The number of benzene rings is 1. The van der Waals surface area contributed by atoms with E-state index in [1.165, 1.54) is 24.8 Å². The summed E-state index contributed by atoms with van der Waals surface area (Å²) in [5.74, 6) is 0.695. The Kier molecular flexibility index (Phi) is 3.79. The van der Waals surface area contributed by atoms with Crippen LogP contribution in [0.25, 0.3) is 0 Å². The summed E-state index contributed by atoms with van der Waals surface area (Å²) < 4.78 is 0. The monoisotopic (exact) mass is 251 g/mol. The van der Waals surface area contributed by atoms with E-state index in [1.807, 2.05) is 0 Å². The first-order valence-electron chi connectivity index (χ1n) is 6.55. The van der Waals surface area contributed by atoms with E-state index >= 15 is 0 Å². The maximum Gasteiger partial charge on any atom is 0.0438 e. The van der Waals surface area contributed by atoms with Gasteiger partial charge < -0.3 is 5.32 Å². The quantitative estimate of drug-likeness (QED) is 0.846. The maximum atomic E-state index is 6.26. The van der Waals surface area contributed by atoms with Crippen molar-refractivity contribution in [2.45, 2.75) is 45.6 Å². The lowest BCUT2D eigenvalue weighted by atomic mass is 9.81. The van der Waals surface area contributed by atoms with Crippen LogP contribution >= 0.6 is 11.6 Å². The Bertz CT molecular complexity index is 392. The van der Waals surface area contributed by atoms with Crippen molar-refractivity contribution in [2.24, 2.45) is 5.92 Å². The first-order chi connectivity index (χ1) is 8.03. The van der Waals surface area contributed by atoms with Gasteiger partial charge in [-0.25, -0.2) is 0 Å². The third-order valence-electron chi connectivity index (χ3n) is 3.72. The van der Waals surface area contributed by atoms with Crippen molar-refractivity contribution in [3.05, 3.63) is 34.3 Å². The van der Waals surface area contributed by atoms with Crippen LogP contribution in [0.4, 0.5) is 0 Å². The van der Waals surface area contributed by atoms with Gasteiger partial charge in [0.25, 0.3) is 0 Å². The maximum absolute atomic E-state index is 6.26. The van der Waals surface area contributed by atoms with Crippen LogP contribution < -0.4 is 5.32 Å². The zero-order valence-corrected chi connectivity index (χ0v) is 11.8. The highest BCUT2D eigenvalue weighted by molar-refractivity contribution is 6.31. The van der Waals surface area contributed by atoms with Gasteiger partial charge in [-0.3, -0.25) is 0 Å². The molecule has 1 nitrogen and oxygen atoms in total. The van der Waals surface area contributed by atoms with Crippen molar-refractivity contribution in [3.8, 4) is 0 Å². The van der Waals surface area contributed by atoms with E-state index in [4.69, 9.17) is 11.6 Å². The van der Waals surface area contributed by atoms with Crippen molar-refractivity contribution >= 4 is 11.6 Å². The van der Waals surface area contributed by atoms with E-state index in [2.05, 4.69) is 44.3 Å². The lowest BCUT2D eigenvalue weighted by molar-refractivity contribution is 0.311. The van der Waals surface area contributed by atoms with Crippen LogP contribution in [0.15, 0.2) is 18.2 Å². The second-order valence-electron chi connectivity index (χ2n) is 5.67. The van der Waals surface area contributed by atoms with Crippen LogP contribution in [0.2, 0.25) is 5.02 Å². The molecule has 0 aromatic heterocycles. The molecule has 1 atom stereocenters. The van der Waals surface area contributed by atoms with Gasteiger partial charge in [0.1, 0.15) is 0 Å². The average molecular weight is 252 g/mol. The van der Waals surface area contributed by atoms with Gasteiger partial charge in [-0.1, -0.05) is 37.6 Å². The molecule has 0 bridgehead atoms. The van der Waals surface area contributed by atoms with Crippen molar-refractivity contribution < 1.29 is 0 Å². The van der Waals surface area contributed by atoms with Crippen LogP contribution in [0.1, 0.15) is 44.2 Å². The third kappa shape index (κ3) is 2.66. The average Bonchev–Trinajstić information content (AvgIpc) is 2.70. The summed E-state index contributed by atoms with van der Waals surface area (Å²) in [6.07, 6.45) is 3.68. The first kappa shape index (κ1) is 12.9. The van der Waals surface area contributed by atoms with Gasteiger partial charge in [-0.2, -0.15) is 0 Å². The summed E-state index contributed by atoms with van der Waals surface area (Å²) in [6.45, 7) is 7.76. The van der Waals surface area contributed by atoms with Crippen molar-refractivity contribution in [1.82, 2.24) is 5.32 Å². The Hall–Kier alpha value is -0.530. The molecule has 17 heavy (non-hydrogen) atoms. The summed E-state index contributed by atoms with van der Waals surface area (Å²) in [5, 5.41) is 4.59. The fraction of sp³-hybridized carbons (Fsp3) is 0.600. The first-order valence-corrected chi connectivity index (χ1v) is 6.93. The van der Waals surface area contributed by atoms with Gasteiger partial charge in [0.15, 0.2) is 0 Å². The number of nitrogens with one attached hydrogen (secondary N) is 1. The fourth-order valence-electron chi connectivity index (χ4n) is 2.93. The lowest BCUT2D eigenvalue weighted by Gasteiger charge is -2.32. The summed E-state index contributed by atoms with van der Waals surface area (Å²) in [6, 6.07) is 6.53. The summed E-state index contributed by atoms with van der Waals surface area (Å²) in [4.78, 5) is 0. The van der Waals surface area contributed by atoms with E-state index in [0.29, 0.717) is 5.92 Å². The molecule has 1 N–H and O–H groups in total. The predicted molar refractivity (Wildman–Crippen MR) is 74.6 cm³/mol. The second kappa shape index (κ2) is 4.99. The molecule has 1 unspecified atom stereocenters. The number of hydrogen-bond acceptors (Lipinski definition) is 1. The SMILES string of the molecule is Cc1ccc(C2(CC(C)C)CCCN2)cc1Cl. The molecule has 94 valence electrons. The zero-order valence-electron chi connectivity index (χ0n) is 11.0. The highest BCUT2D eigenvalue weighted by Gasteiger charge is 2.35. The van der Waals surface area contributed by atoms with E-state index in [-0.39, 0.29) is 5.54 Å². The van der Waals surface area contributed by atoms with Crippen molar-refractivity contribution in [1.29, 1.82) is 0 Å². The molecule has 0 aliphatic carbocycles. The molecule has 1 aromatic carbocycles. The molecule has 1 aliphatic rings. The normalized spacial score (nSPS) is 24.5. The van der Waals surface area contributed by atoms with Crippen LogP contribution in [0, 0.1) is 12.8 Å². The Balaban J connectivity index is 2.35. The molecule has 0 amide bonds. The number of halogens is 1. The Morgan fingerprint density at radius 3 is 2.71 bits per heavy atom. The molecule has 1 aliphatic heterocycles. The van der Waals surface area contributed by atoms with Crippen molar-refractivity contribution in [3.63, 3.8) is 0 Å². The van der Waals surface area contributed by atoms with Gasteiger partial charge in [0.2, 0.25) is 0 Å². The van der Waals surface area contributed by atoms with E-state index in [1.54, 1.807) is 0 Å². The highest BCUT2D eigenvalue weighted by Crippen LogP contribution is 2.38. The lowest BCUT2D eigenvalue weighted by Crippen LogP contribution is -2.38. The number of aryl methyl sites for hydroxylation is 1. The van der Waals surface area contributed by atoms with Gasteiger partial charge in [-0.15, -0.1) is 0 Å². The standard InChI is InChI=1S/C15H22ClN/c1-11(2)10-15(7-4-8-17-15)13-6-5-12(3)14(16)9-13/h5-6,9,11,17H,4,7-8,10H2,1-3H3. The van der Waals surface area contributed by atoms with Crippen LogP contribution in [-0.2, 0) is 5.54 Å². The zero-order chi connectivity index (χ0) is 12.5. The Morgan fingerprint density at radius 2 is 2.18 bits per heavy atom. The minimum Gasteiger partial charge on any atom is -0.307 e. The van der Waals surface area contributed by atoms with Crippen molar-refractivity contribution in [2.75, 3.05) is 6.54 Å². The molecule has 0 spiro atoms. The Morgan fingerprint density at radius 1 is 1.41 bits per heavy atom. The molecule has 2 rings (SSSR count). The highest BCUT2D eigenvalue weighted by atomic mass is 35.5. The molecule has 1 fully saturated rings. The topological polar surface area (TPSA) is 12.0 Å². The predicted octanol–water partition coefficient (Wildman–Crippen LogP) is 4.27. The van der Waals surface area contributed by atoms with E-state index in [9.17, 15) is 0 Å². The third-order valence-corrected chi connectivity index (χ3v) is 4.13. The molecule has 1 aromatic rings. The Labute approximate surface area is 110 Å². The molecule has 0 radical (unpaired) electrons. The molecule has 0 saturated carbocycles. The molecule has 2 heteroatoms. The largest absolute Gasteiger partial charge is 0.307 e. The van der Waals surface area contributed by atoms with Gasteiger partial charge in [0.05, 0.1) is 0 Å². The molecule has 1 saturated heterocycles. The summed E-state index contributed by atoms with van der Waals surface area (Å²) in [5.41, 5.74) is 2.68. The van der Waals surface area contributed by atoms with Gasteiger partial charge in [-0.05, 0) is 55.8 Å². The van der Waals surface area contributed by atoms with E-state index < -0.39 is 0 Å². The molecule has 1 heterocycles. The minimum absolute atomic E-state index is 0.158. The number of rotatable bonds is 3. The van der Waals surface area contributed by atoms with Gasteiger partial charge >= 0.3 is 0 Å². The van der Waals surface area contributed by atoms with E-state index in [0.717, 1.165) is 17.1 Å². The summed E-state index contributed by atoms with van der Waals surface area (Å²) in [7, 11) is 0. The number of hydrogen-bond donors (Lipinski definition) is 1. The summed E-state index contributed by atoms with van der Waals surface area (Å²) >= 11 is 6.26. The minimum atomic E-state index is 0.158. The van der Waals surface area contributed by atoms with Gasteiger partial charge in [0, 0.05) is 10.6 Å².